The Kier molecular flexibility index (Phi) is 6.92. The second-order valence-corrected chi connectivity index (χ2v) is 6.69. The van der Waals surface area contributed by atoms with E-state index in [4.69, 9.17) is 14.3 Å². The Morgan fingerprint density at radius 3 is 2.24 bits per heavy atom. The van der Waals surface area contributed by atoms with Crippen LogP contribution in [0.1, 0.15) is 64.9 Å². The predicted molar refractivity (Wildman–Crippen MR) is 85.5 cm³/mol. The third-order valence-corrected chi connectivity index (χ3v) is 4.72. The molecule has 0 unspecified atom stereocenters. The predicted octanol–water partition coefficient (Wildman–Crippen LogP) is 4.80. The second kappa shape index (κ2) is 7.98. The third-order valence-electron chi connectivity index (χ3n) is 4.29. The Hall–Kier alpha value is -0.830. The molecule has 0 amide bonds. The van der Waals surface area contributed by atoms with Crippen molar-refractivity contribution in [1.29, 1.82) is 0 Å². The highest BCUT2D eigenvalue weighted by atomic mass is 31.2. The van der Waals surface area contributed by atoms with E-state index in [9.17, 15) is 4.57 Å². The number of hydrogen-bond donors (Lipinski definition) is 2. The summed E-state index contributed by atoms with van der Waals surface area (Å²) in [7, 11) is -4.54. The molecule has 0 saturated carbocycles. The highest BCUT2D eigenvalue weighted by Gasteiger charge is 2.32. The van der Waals surface area contributed by atoms with E-state index in [-0.39, 0.29) is 5.41 Å². The van der Waals surface area contributed by atoms with Gasteiger partial charge in [-0.15, -0.1) is 0 Å². The van der Waals surface area contributed by atoms with E-state index < -0.39 is 7.82 Å². The largest absolute Gasteiger partial charge is 0.524 e. The molecule has 0 bridgehead atoms. The Morgan fingerprint density at radius 2 is 1.71 bits per heavy atom. The highest BCUT2D eigenvalue weighted by molar-refractivity contribution is 7.46. The van der Waals surface area contributed by atoms with Crippen LogP contribution in [0.2, 0.25) is 0 Å². The first-order valence-electron chi connectivity index (χ1n) is 7.73. The molecule has 0 heterocycles. The van der Waals surface area contributed by atoms with E-state index in [1.807, 2.05) is 12.1 Å². The summed E-state index contributed by atoms with van der Waals surface area (Å²) in [4.78, 5) is 18.2. The van der Waals surface area contributed by atoms with Gasteiger partial charge in [0.05, 0.1) is 0 Å². The monoisotopic (exact) mass is 314 g/mol. The molecular formula is C16H27O4P. The quantitative estimate of drug-likeness (QED) is 0.507. The number of unbranched alkanes of at least 4 members (excludes halogenated alkanes) is 2. The summed E-state index contributed by atoms with van der Waals surface area (Å²) in [6.45, 7) is 6.43. The van der Waals surface area contributed by atoms with Crippen molar-refractivity contribution in [2.45, 2.75) is 64.7 Å². The van der Waals surface area contributed by atoms with Gasteiger partial charge in [0, 0.05) is 5.56 Å². The lowest BCUT2D eigenvalue weighted by Crippen LogP contribution is -2.25. The van der Waals surface area contributed by atoms with Crippen LogP contribution in [0, 0.1) is 0 Å². The fraction of sp³-hybridized carbons (Fsp3) is 0.625. The second-order valence-electron chi connectivity index (χ2n) is 5.52. The van der Waals surface area contributed by atoms with Crippen LogP contribution in [0.15, 0.2) is 24.3 Å². The molecule has 0 aliphatic carbocycles. The molecule has 0 fully saturated rings. The van der Waals surface area contributed by atoms with Gasteiger partial charge in [-0.1, -0.05) is 58.2 Å². The van der Waals surface area contributed by atoms with Gasteiger partial charge >= 0.3 is 7.82 Å². The molecule has 0 aliphatic heterocycles. The molecule has 4 nitrogen and oxygen atoms in total. The van der Waals surface area contributed by atoms with Gasteiger partial charge < -0.3 is 4.52 Å². The molecular weight excluding hydrogens is 287 g/mol. The first-order valence-corrected chi connectivity index (χ1v) is 9.26. The lowest BCUT2D eigenvalue weighted by Gasteiger charge is -2.34. The highest BCUT2D eigenvalue weighted by Crippen LogP contribution is 2.46. The maximum absolute atomic E-state index is 11.2. The zero-order chi connectivity index (χ0) is 15.9. The molecule has 0 radical (unpaired) electrons. The van der Waals surface area contributed by atoms with E-state index in [1.54, 1.807) is 12.1 Å². The van der Waals surface area contributed by atoms with Crippen LogP contribution in [0.3, 0.4) is 0 Å². The number of benzene rings is 1. The summed E-state index contributed by atoms with van der Waals surface area (Å²) in [6.07, 6.45) is 6.30. The number of para-hydroxylation sites is 1. The molecule has 1 aromatic rings. The lowest BCUT2D eigenvalue weighted by molar-refractivity contribution is 0.275. The van der Waals surface area contributed by atoms with E-state index in [0.29, 0.717) is 5.75 Å². The first kappa shape index (κ1) is 18.2. The van der Waals surface area contributed by atoms with Gasteiger partial charge in [0.15, 0.2) is 0 Å². The summed E-state index contributed by atoms with van der Waals surface area (Å²) in [6, 6.07) is 7.23. The molecule has 5 heteroatoms. The first-order chi connectivity index (χ1) is 9.88. The van der Waals surface area contributed by atoms with Crippen molar-refractivity contribution >= 4 is 7.82 Å². The van der Waals surface area contributed by atoms with E-state index in [1.165, 1.54) is 6.42 Å². The molecule has 0 spiro atoms. The van der Waals surface area contributed by atoms with Crippen LogP contribution in [0.4, 0.5) is 0 Å². The maximum atomic E-state index is 11.2. The van der Waals surface area contributed by atoms with Gasteiger partial charge in [0.2, 0.25) is 0 Å². The normalized spacial score (nSPS) is 12.4. The average Bonchev–Trinajstić information content (AvgIpc) is 2.43. The van der Waals surface area contributed by atoms with Crippen molar-refractivity contribution in [3.8, 4) is 5.75 Å². The van der Waals surface area contributed by atoms with Crippen LogP contribution in [-0.2, 0) is 9.98 Å². The summed E-state index contributed by atoms with van der Waals surface area (Å²) in [5.41, 5.74) is 0.829. The minimum absolute atomic E-state index is 0.0824. The zero-order valence-corrected chi connectivity index (χ0v) is 14.1. The van der Waals surface area contributed by atoms with Crippen molar-refractivity contribution in [3.05, 3.63) is 29.8 Å². The van der Waals surface area contributed by atoms with Crippen LogP contribution >= 0.6 is 7.82 Å². The van der Waals surface area contributed by atoms with Crippen molar-refractivity contribution in [2.75, 3.05) is 0 Å². The molecule has 0 aromatic heterocycles. The van der Waals surface area contributed by atoms with Crippen LogP contribution in [0.5, 0.6) is 5.75 Å². The van der Waals surface area contributed by atoms with Gasteiger partial charge in [0.25, 0.3) is 0 Å². The third kappa shape index (κ3) is 5.14. The summed E-state index contributed by atoms with van der Waals surface area (Å²) < 4.78 is 16.1. The smallest absolute Gasteiger partial charge is 0.404 e. The summed E-state index contributed by atoms with van der Waals surface area (Å²) in [5.74, 6) is 0.311. The number of phosphoric acid groups is 1. The van der Waals surface area contributed by atoms with Gasteiger partial charge in [-0.25, -0.2) is 4.57 Å². The molecule has 0 saturated heterocycles. The Balaban J connectivity index is 3.15. The Labute approximate surface area is 127 Å². The Morgan fingerprint density at radius 1 is 1.10 bits per heavy atom. The van der Waals surface area contributed by atoms with Crippen molar-refractivity contribution in [1.82, 2.24) is 0 Å². The van der Waals surface area contributed by atoms with Gasteiger partial charge in [-0.2, -0.15) is 0 Å². The topological polar surface area (TPSA) is 66.8 Å². The minimum Gasteiger partial charge on any atom is -0.404 e. The van der Waals surface area contributed by atoms with E-state index >= 15 is 0 Å². The number of hydrogen-bond acceptors (Lipinski definition) is 2. The molecule has 0 atom stereocenters. The van der Waals surface area contributed by atoms with E-state index in [2.05, 4.69) is 20.8 Å². The number of rotatable bonds is 9. The van der Waals surface area contributed by atoms with Crippen LogP contribution in [0.25, 0.3) is 0 Å². The standard InChI is InChI=1S/C16H27O4P/c1-4-7-10-13-16(5-2,6-3)14-11-8-9-12-15(14)20-21(17,18)19/h8-9,11-12H,4-7,10,13H2,1-3H3,(H2,17,18,19). The van der Waals surface area contributed by atoms with E-state index in [0.717, 1.165) is 37.7 Å². The van der Waals surface area contributed by atoms with Gasteiger partial charge in [-0.3, -0.25) is 9.79 Å². The minimum atomic E-state index is -4.54. The lowest BCUT2D eigenvalue weighted by atomic mass is 9.72. The molecule has 1 aromatic carbocycles. The summed E-state index contributed by atoms with van der Waals surface area (Å²) in [5, 5.41) is 0. The molecule has 120 valence electrons. The fourth-order valence-electron chi connectivity index (χ4n) is 2.94. The zero-order valence-electron chi connectivity index (χ0n) is 13.2. The Bertz CT molecular complexity index is 477. The van der Waals surface area contributed by atoms with Crippen molar-refractivity contribution in [2.24, 2.45) is 0 Å². The van der Waals surface area contributed by atoms with Crippen LogP contribution < -0.4 is 4.52 Å². The molecule has 2 N–H and O–H groups in total. The fourth-order valence-corrected chi connectivity index (χ4v) is 3.36. The molecule has 0 aliphatic rings. The molecule has 1 rings (SSSR count). The molecule has 21 heavy (non-hydrogen) atoms. The van der Waals surface area contributed by atoms with Crippen molar-refractivity contribution in [3.63, 3.8) is 0 Å². The summed E-state index contributed by atoms with van der Waals surface area (Å²) >= 11 is 0. The van der Waals surface area contributed by atoms with Crippen molar-refractivity contribution < 1.29 is 18.9 Å². The SMILES string of the molecule is CCCCCC(CC)(CC)c1ccccc1OP(=O)(O)O. The number of phosphoric ester groups is 1. The average molecular weight is 314 g/mol. The maximum Gasteiger partial charge on any atom is 0.524 e. The van der Waals surface area contributed by atoms with Crippen LogP contribution in [-0.4, -0.2) is 9.79 Å². The van der Waals surface area contributed by atoms with Gasteiger partial charge in [0.1, 0.15) is 5.75 Å². The van der Waals surface area contributed by atoms with Gasteiger partial charge in [-0.05, 0) is 30.7 Å².